The summed E-state index contributed by atoms with van der Waals surface area (Å²) < 4.78 is 6.77. The number of carbonyl (C=O) groups is 1. The molecule has 1 amide bonds. The topological polar surface area (TPSA) is 83.5 Å². The highest BCUT2D eigenvalue weighted by Crippen LogP contribution is 2.24. The third kappa shape index (κ3) is 5.77. The molecule has 4 rings (SSSR count). The first kappa shape index (κ1) is 21.2. The largest absolute Gasteiger partial charge is 0.438 e. The lowest BCUT2D eigenvalue weighted by Crippen LogP contribution is -2.49. The Bertz CT molecular complexity index is 994. The van der Waals surface area contributed by atoms with Gasteiger partial charge in [-0.15, -0.1) is 0 Å². The summed E-state index contributed by atoms with van der Waals surface area (Å²) in [6.45, 7) is 4.86. The third-order valence-corrected chi connectivity index (χ3v) is 5.49. The van der Waals surface area contributed by atoms with Gasteiger partial charge in [0, 0.05) is 62.3 Å². The summed E-state index contributed by atoms with van der Waals surface area (Å²) in [5.41, 5.74) is 0.413. The van der Waals surface area contributed by atoms with Crippen molar-refractivity contribution in [1.29, 1.82) is 0 Å². The Morgan fingerprint density at radius 3 is 2.42 bits per heavy atom. The molecule has 9 heteroatoms. The van der Waals surface area contributed by atoms with Crippen molar-refractivity contribution in [1.82, 2.24) is 25.2 Å². The summed E-state index contributed by atoms with van der Waals surface area (Å²) in [7, 11) is 0. The van der Waals surface area contributed by atoms with Crippen LogP contribution < -0.4 is 15.0 Å². The number of anilines is 1. The zero-order chi connectivity index (χ0) is 21.5. The number of ether oxygens (including phenoxy) is 1. The molecule has 0 aliphatic carbocycles. The maximum Gasteiger partial charge on any atom is 0.256 e. The molecule has 0 bridgehead atoms. The number of piperazine rings is 1. The maximum atomic E-state index is 12.7. The van der Waals surface area contributed by atoms with E-state index in [1.807, 2.05) is 30.3 Å². The Morgan fingerprint density at radius 1 is 0.968 bits per heavy atom. The molecule has 160 valence electrons. The van der Waals surface area contributed by atoms with E-state index >= 15 is 0 Å². The lowest BCUT2D eigenvalue weighted by molar-refractivity contribution is 0.0945. The number of hydrogen-bond donors (Lipinski definition) is 1. The Hall–Kier alpha value is -3.04. The number of carbonyl (C=O) groups excluding carboxylic acids is 1. The minimum Gasteiger partial charge on any atom is -0.438 e. The minimum absolute atomic E-state index is 0.198. The summed E-state index contributed by atoms with van der Waals surface area (Å²) in [6.07, 6.45) is 5.13. The average molecular weight is 483 g/mol. The van der Waals surface area contributed by atoms with Crippen LogP contribution >= 0.6 is 15.9 Å². The molecule has 0 atom stereocenters. The Kier molecular flexibility index (Phi) is 7.06. The predicted molar refractivity (Wildman–Crippen MR) is 121 cm³/mol. The maximum absolute atomic E-state index is 12.7. The van der Waals surface area contributed by atoms with Crippen LogP contribution in [0, 0.1) is 0 Å². The second-order valence-corrected chi connectivity index (χ2v) is 7.96. The molecule has 0 saturated carbocycles. The van der Waals surface area contributed by atoms with Crippen molar-refractivity contribution in [2.24, 2.45) is 0 Å². The van der Waals surface area contributed by atoms with E-state index in [1.54, 1.807) is 30.7 Å². The van der Waals surface area contributed by atoms with Gasteiger partial charge in [-0.3, -0.25) is 9.69 Å². The molecule has 8 nitrogen and oxygen atoms in total. The van der Waals surface area contributed by atoms with Gasteiger partial charge in [0.05, 0.1) is 0 Å². The number of amides is 1. The van der Waals surface area contributed by atoms with Crippen molar-refractivity contribution in [3.8, 4) is 11.6 Å². The second-order valence-electron chi connectivity index (χ2n) is 7.05. The van der Waals surface area contributed by atoms with Crippen LogP contribution in [0.5, 0.6) is 11.6 Å². The molecule has 0 spiro atoms. The van der Waals surface area contributed by atoms with Gasteiger partial charge < -0.3 is 15.0 Å². The fourth-order valence-electron chi connectivity index (χ4n) is 3.31. The standard InChI is InChI=1S/C22H23BrN6O2/c23-17-4-6-18(7-5-17)31-21-19(3-1-8-25-21)20(30)24-11-12-28-13-15-29(16-14-28)22-26-9-2-10-27-22/h1-10H,11-16H2,(H,24,30). The number of hydrogen-bond acceptors (Lipinski definition) is 7. The molecule has 1 aliphatic rings. The van der Waals surface area contributed by atoms with E-state index in [9.17, 15) is 4.79 Å². The van der Waals surface area contributed by atoms with Crippen LogP contribution in [-0.4, -0.2) is 65.0 Å². The van der Waals surface area contributed by atoms with Gasteiger partial charge in [0.1, 0.15) is 11.3 Å². The van der Waals surface area contributed by atoms with Gasteiger partial charge in [0.2, 0.25) is 11.8 Å². The third-order valence-electron chi connectivity index (χ3n) is 4.96. The first-order chi connectivity index (χ1) is 15.2. The van der Waals surface area contributed by atoms with E-state index in [0.717, 1.165) is 43.1 Å². The van der Waals surface area contributed by atoms with Gasteiger partial charge in [-0.2, -0.15) is 0 Å². The van der Waals surface area contributed by atoms with Crippen LogP contribution in [0.2, 0.25) is 0 Å². The van der Waals surface area contributed by atoms with E-state index < -0.39 is 0 Å². The molecule has 0 radical (unpaired) electrons. The van der Waals surface area contributed by atoms with Crippen LogP contribution in [0.15, 0.2) is 65.5 Å². The Balaban J connectivity index is 1.26. The summed E-state index contributed by atoms with van der Waals surface area (Å²) in [4.78, 5) is 30.1. The van der Waals surface area contributed by atoms with Gasteiger partial charge in [0.15, 0.2) is 0 Å². The monoisotopic (exact) mass is 482 g/mol. The highest BCUT2D eigenvalue weighted by atomic mass is 79.9. The van der Waals surface area contributed by atoms with Crippen LogP contribution in [-0.2, 0) is 0 Å². The number of halogens is 1. The molecular weight excluding hydrogens is 460 g/mol. The fourth-order valence-corrected chi connectivity index (χ4v) is 3.57. The number of aromatic nitrogens is 3. The zero-order valence-electron chi connectivity index (χ0n) is 16.9. The zero-order valence-corrected chi connectivity index (χ0v) is 18.5. The van der Waals surface area contributed by atoms with Crippen molar-refractivity contribution in [2.45, 2.75) is 0 Å². The summed E-state index contributed by atoms with van der Waals surface area (Å²) in [5, 5.41) is 2.98. The number of benzene rings is 1. The molecule has 1 saturated heterocycles. The van der Waals surface area contributed by atoms with E-state index in [0.29, 0.717) is 23.7 Å². The highest BCUT2D eigenvalue weighted by Gasteiger charge is 2.19. The van der Waals surface area contributed by atoms with Crippen molar-refractivity contribution < 1.29 is 9.53 Å². The fraction of sp³-hybridized carbons (Fsp3) is 0.273. The second kappa shape index (κ2) is 10.3. The first-order valence-electron chi connectivity index (χ1n) is 10.1. The van der Waals surface area contributed by atoms with E-state index in [2.05, 4.69) is 46.0 Å². The van der Waals surface area contributed by atoms with E-state index in [4.69, 9.17) is 4.74 Å². The van der Waals surface area contributed by atoms with E-state index in [-0.39, 0.29) is 5.91 Å². The molecule has 2 aromatic heterocycles. The first-order valence-corrected chi connectivity index (χ1v) is 10.9. The molecule has 1 aliphatic heterocycles. The van der Waals surface area contributed by atoms with Gasteiger partial charge in [-0.05, 0) is 42.5 Å². The van der Waals surface area contributed by atoms with Gasteiger partial charge >= 0.3 is 0 Å². The molecule has 3 aromatic rings. The molecule has 1 fully saturated rings. The number of nitrogens with zero attached hydrogens (tertiary/aromatic N) is 5. The van der Waals surface area contributed by atoms with Crippen LogP contribution in [0.25, 0.3) is 0 Å². The smallest absolute Gasteiger partial charge is 0.256 e. The predicted octanol–water partition coefficient (Wildman–Crippen LogP) is 2.98. The number of pyridine rings is 1. The molecule has 0 unspecified atom stereocenters. The number of rotatable bonds is 7. The SMILES string of the molecule is O=C(NCCN1CCN(c2ncccn2)CC1)c1cccnc1Oc1ccc(Br)cc1. The van der Waals surface area contributed by atoms with Crippen molar-refractivity contribution in [3.63, 3.8) is 0 Å². The van der Waals surface area contributed by atoms with Gasteiger partial charge in [0.25, 0.3) is 5.91 Å². The average Bonchev–Trinajstić information content (AvgIpc) is 2.82. The van der Waals surface area contributed by atoms with Crippen molar-refractivity contribution in [2.75, 3.05) is 44.2 Å². The summed E-state index contributed by atoms with van der Waals surface area (Å²) in [6, 6.07) is 12.7. The summed E-state index contributed by atoms with van der Waals surface area (Å²) >= 11 is 3.40. The number of nitrogens with one attached hydrogen (secondary N) is 1. The van der Waals surface area contributed by atoms with Crippen LogP contribution in [0.4, 0.5) is 5.95 Å². The lowest BCUT2D eigenvalue weighted by Gasteiger charge is -2.34. The van der Waals surface area contributed by atoms with Crippen molar-refractivity contribution in [3.05, 3.63) is 71.1 Å². The van der Waals surface area contributed by atoms with Crippen LogP contribution in [0.1, 0.15) is 10.4 Å². The lowest BCUT2D eigenvalue weighted by atomic mass is 10.2. The normalized spacial score (nSPS) is 14.3. The van der Waals surface area contributed by atoms with Crippen molar-refractivity contribution >= 4 is 27.8 Å². The quantitative estimate of drug-likeness (QED) is 0.553. The van der Waals surface area contributed by atoms with Crippen LogP contribution in [0.3, 0.4) is 0 Å². The summed E-state index contributed by atoms with van der Waals surface area (Å²) in [5.74, 6) is 1.48. The Morgan fingerprint density at radius 2 is 1.68 bits per heavy atom. The molecule has 3 heterocycles. The molecule has 1 aromatic carbocycles. The van der Waals surface area contributed by atoms with Gasteiger partial charge in [-0.1, -0.05) is 15.9 Å². The highest BCUT2D eigenvalue weighted by molar-refractivity contribution is 9.10. The van der Waals surface area contributed by atoms with E-state index in [1.165, 1.54) is 0 Å². The van der Waals surface area contributed by atoms with Gasteiger partial charge in [-0.25, -0.2) is 15.0 Å². The molecular formula is C22H23BrN6O2. The molecule has 1 N–H and O–H groups in total. The Labute approximate surface area is 189 Å². The minimum atomic E-state index is -0.198. The molecule has 31 heavy (non-hydrogen) atoms.